The molecule has 0 unspecified atom stereocenters. The van der Waals surface area contributed by atoms with Crippen molar-refractivity contribution in [2.75, 3.05) is 0 Å². The predicted molar refractivity (Wildman–Crippen MR) is 91.1 cm³/mol. The Bertz CT molecular complexity index is 503. The molecule has 0 spiro atoms. The number of rotatable bonds is 6. The summed E-state index contributed by atoms with van der Waals surface area (Å²) < 4.78 is -0.207. The maximum Gasteiger partial charge on any atom is 0.328 e. The lowest BCUT2D eigenvalue weighted by molar-refractivity contribution is -0.137. The smallest absolute Gasteiger partial charge is 0.328 e. The van der Waals surface area contributed by atoms with E-state index in [2.05, 4.69) is 12.1 Å². The van der Waals surface area contributed by atoms with Crippen molar-refractivity contribution in [1.82, 2.24) is 0 Å². The van der Waals surface area contributed by atoms with Crippen LogP contribution in [0.3, 0.4) is 0 Å². The van der Waals surface area contributed by atoms with Crippen molar-refractivity contribution in [1.29, 1.82) is 0 Å². The summed E-state index contributed by atoms with van der Waals surface area (Å²) in [5, 5.41) is 16.7. The molecule has 0 saturated carbocycles. The number of carbonyl (C=O) groups is 2. The van der Waals surface area contributed by atoms with Crippen LogP contribution in [0.25, 0.3) is 0 Å². The van der Waals surface area contributed by atoms with Crippen molar-refractivity contribution >= 4 is 23.7 Å². The van der Waals surface area contributed by atoms with Gasteiger partial charge in [-0.25, -0.2) is 4.79 Å². The Kier molecular flexibility index (Phi) is 9.26. The molecule has 0 radical (unpaired) electrons. The third-order valence-electron chi connectivity index (χ3n) is 2.46. The summed E-state index contributed by atoms with van der Waals surface area (Å²) in [6.07, 6.45) is 1.37. The second kappa shape index (κ2) is 10.1. The van der Waals surface area contributed by atoms with Gasteiger partial charge in [-0.05, 0) is 19.4 Å². The molecule has 1 aromatic carbocycles. The molecule has 0 fully saturated rings. The summed E-state index contributed by atoms with van der Waals surface area (Å²) in [4.78, 5) is 20.3. The third-order valence-corrected chi connectivity index (χ3v) is 3.86. The summed E-state index contributed by atoms with van der Waals surface area (Å²) in [7, 11) is 0. The van der Waals surface area contributed by atoms with E-state index in [1.807, 2.05) is 32.0 Å². The lowest BCUT2D eigenvalue weighted by atomic mass is 10.1. The minimum absolute atomic E-state index is 0.199. The summed E-state index contributed by atoms with van der Waals surface area (Å²) in [5.41, 5.74) is 2.05. The molecule has 0 heterocycles. The highest BCUT2D eigenvalue weighted by Gasteiger charge is 2.21. The molecule has 5 heteroatoms. The SMILES string of the molecule is CC(C)(CC(=O)O)SCc1ccccc1.CC(C)=CC(=O)O. The van der Waals surface area contributed by atoms with Gasteiger partial charge in [-0.1, -0.05) is 49.8 Å². The molecule has 22 heavy (non-hydrogen) atoms. The van der Waals surface area contributed by atoms with Crippen LogP contribution in [0.15, 0.2) is 42.0 Å². The molecule has 0 saturated heterocycles. The van der Waals surface area contributed by atoms with Gasteiger partial charge in [0, 0.05) is 16.6 Å². The van der Waals surface area contributed by atoms with E-state index in [1.54, 1.807) is 25.6 Å². The maximum absolute atomic E-state index is 10.6. The maximum atomic E-state index is 10.6. The second-order valence-electron chi connectivity index (χ2n) is 5.66. The molecule has 122 valence electrons. The monoisotopic (exact) mass is 324 g/mol. The van der Waals surface area contributed by atoms with Crippen molar-refractivity contribution in [3.63, 3.8) is 0 Å². The van der Waals surface area contributed by atoms with Crippen LogP contribution in [-0.2, 0) is 15.3 Å². The second-order valence-corrected chi connectivity index (χ2v) is 7.35. The Morgan fingerprint density at radius 2 is 1.68 bits per heavy atom. The van der Waals surface area contributed by atoms with Crippen molar-refractivity contribution in [3.8, 4) is 0 Å². The van der Waals surface area contributed by atoms with Gasteiger partial charge in [0.25, 0.3) is 0 Å². The van der Waals surface area contributed by atoms with Crippen LogP contribution in [0, 0.1) is 0 Å². The zero-order chi connectivity index (χ0) is 17.2. The molecule has 1 aromatic rings. The Morgan fingerprint density at radius 3 is 2.05 bits per heavy atom. The van der Waals surface area contributed by atoms with Crippen molar-refractivity contribution in [2.45, 2.75) is 44.6 Å². The summed E-state index contributed by atoms with van der Waals surface area (Å²) in [5.74, 6) is -0.748. The highest BCUT2D eigenvalue weighted by atomic mass is 32.2. The normalized spacial score (nSPS) is 10.2. The van der Waals surface area contributed by atoms with Crippen LogP contribution in [0.1, 0.15) is 39.7 Å². The lowest BCUT2D eigenvalue weighted by Gasteiger charge is -2.21. The molecule has 0 aliphatic rings. The van der Waals surface area contributed by atoms with Gasteiger partial charge in [-0.15, -0.1) is 0 Å². The van der Waals surface area contributed by atoms with E-state index in [4.69, 9.17) is 10.2 Å². The number of thioether (sulfide) groups is 1. The Labute approximate surface area is 136 Å². The molecule has 0 amide bonds. The van der Waals surface area contributed by atoms with Gasteiger partial charge in [0.15, 0.2) is 0 Å². The number of benzene rings is 1. The molecule has 0 aliphatic carbocycles. The van der Waals surface area contributed by atoms with Gasteiger partial charge in [-0.3, -0.25) is 4.79 Å². The van der Waals surface area contributed by atoms with Crippen LogP contribution < -0.4 is 0 Å². The number of allylic oxidation sites excluding steroid dienone is 1. The van der Waals surface area contributed by atoms with Gasteiger partial charge in [0.1, 0.15) is 0 Å². The first-order valence-electron chi connectivity index (χ1n) is 6.90. The van der Waals surface area contributed by atoms with E-state index >= 15 is 0 Å². The van der Waals surface area contributed by atoms with Gasteiger partial charge in [-0.2, -0.15) is 11.8 Å². The van der Waals surface area contributed by atoms with Crippen LogP contribution in [0.2, 0.25) is 0 Å². The first-order valence-corrected chi connectivity index (χ1v) is 7.88. The fourth-order valence-corrected chi connectivity index (χ4v) is 2.49. The van der Waals surface area contributed by atoms with Gasteiger partial charge in [0.05, 0.1) is 6.42 Å². The molecular weight excluding hydrogens is 300 g/mol. The standard InChI is InChI=1S/C12H16O2S.C5H8O2/c1-12(2,8-11(13)14)15-9-10-6-4-3-5-7-10;1-4(2)3-5(6)7/h3-7H,8-9H2,1-2H3,(H,13,14);3H,1-2H3,(H,6,7). The quantitative estimate of drug-likeness (QED) is 0.767. The highest BCUT2D eigenvalue weighted by molar-refractivity contribution is 7.99. The molecule has 2 N–H and O–H groups in total. The van der Waals surface area contributed by atoms with Crippen molar-refractivity contribution in [3.05, 3.63) is 47.5 Å². The number of carboxylic acid groups (broad SMARTS) is 2. The summed E-state index contributed by atoms with van der Waals surface area (Å²) >= 11 is 1.68. The minimum atomic E-state index is -0.875. The summed E-state index contributed by atoms with van der Waals surface area (Å²) in [6, 6.07) is 10.1. The zero-order valence-electron chi connectivity index (χ0n) is 13.5. The first kappa shape index (κ1) is 20.2. The van der Waals surface area contributed by atoms with Crippen LogP contribution in [0.5, 0.6) is 0 Å². The Morgan fingerprint density at radius 1 is 1.14 bits per heavy atom. The molecule has 0 aliphatic heterocycles. The van der Waals surface area contributed by atoms with Gasteiger partial charge in [0.2, 0.25) is 0 Å². The molecule has 0 aromatic heterocycles. The van der Waals surface area contributed by atoms with Crippen molar-refractivity contribution in [2.24, 2.45) is 0 Å². The molecule has 1 rings (SSSR count). The number of aliphatic carboxylic acids is 2. The summed E-state index contributed by atoms with van der Waals surface area (Å²) in [6.45, 7) is 7.42. The van der Waals surface area contributed by atoms with Crippen LogP contribution in [0.4, 0.5) is 0 Å². The zero-order valence-corrected chi connectivity index (χ0v) is 14.3. The van der Waals surface area contributed by atoms with E-state index in [0.29, 0.717) is 0 Å². The number of hydrogen-bond donors (Lipinski definition) is 2. The highest BCUT2D eigenvalue weighted by Crippen LogP contribution is 2.30. The van der Waals surface area contributed by atoms with Crippen molar-refractivity contribution < 1.29 is 19.8 Å². The average molecular weight is 324 g/mol. The van der Waals surface area contributed by atoms with Gasteiger partial charge < -0.3 is 10.2 Å². The molecule has 0 atom stereocenters. The van der Waals surface area contributed by atoms with E-state index in [-0.39, 0.29) is 11.2 Å². The topological polar surface area (TPSA) is 74.6 Å². The molecule has 4 nitrogen and oxygen atoms in total. The van der Waals surface area contributed by atoms with Crippen LogP contribution >= 0.6 is 11.8 Å². The van der Waals surface area contributed by atoms with E-state index in [1.165, 1.54) is 11.6 Å². The lowest BCUT2D eigenvalue weighted by Crippen LogP contribution is -2.19. The Hall–Kier alpha value is -1.75. The average Bonchev–Trinajstić information content (AvgIpc) is 2.35. The molecule has 0 bridgehead atoms. The molecular formula is C17H24O4S. The number of hydrogen-bond acceptors (Lipinski definition) is 3. The van der Waals surface area contributed by atoms with E-state index < -0.39 is 11.9 Å². The van der Waals surface area contributed by atoms with Gasteiger partial charge >= 0.3 is 11.9 Å². The largest absolute Gasteiger partial charge is 0.481 e. The van der Waals surface area contributed by atoms with E-state index in [0.717, 1.165) is 11.3 Å². The number of carboxylic acids is 2. The fraction of sp³-hybridized carbons (Fsp3) is 0.412. The fourth-order valence-electron chi connectivity index (χ4n) is 1.52. The first-order chi connectivity index (χ1) is 10.1. The van der Waals surface area contributed by atoms with Crippen LogP contribution in [-0.4, -0.2) is 26.9 Å². The Balaban J connectivity index is 0.000000534. The third kappa shape index (κ3) is 12.0. The van der Waals surface area contributed by atoms with E-state index in [9.17, 15) is 9.59 Å². The minimum Gasteiger partial charge on any atom is -0.481 e. The predicted octanol–water partition coefficient (Wildman–Crippen LogP) is 4.21.